The predicted octanol–water partition coefficient (Wildman–Crippen LogP) is 2.25. The third-order valence-corrected chi connectivity index (χ3v) is 4.51. The van der Waals surface area contributed by atoms with Crippen molar-refractivity contribution in [3.05, 3.63) is 35.9 Å². The molecule has 1 aromatic carbocycles. The topological polar surface area (TPSA) is 46.3 Å². The summed E-state index contributed by atoms with van der Waals surface area (Å²) in [7, 11) is 0. The Hall–Kier alpha value is -1.42. The number of thiocarbonyl (C=S) groups is 1. The van der Waals surface area contributed by atoms with Crippen LogP contribution in [0.5, 0.6) is 0 Å². The average molecular weight is 290 g/mol. The van der Waals surface area contributed by atoms with Gasteiger partial charge >= 0.3 is 0 Å². The Kier molecular flexibility index (Phi) is 4.76. The summed E-state index contributed by atoms with van der Waals surface area (Å²) in [6.07, 6.45) is 0.592. The van der Waals surface area contributed by atoms with Crippen molar-refractivity contribution < 1.29 is 4.79 Å². The molecule has 0 aliphatic carbocycles. The normalized spacial score (nSPS) is 23.6. The van der Waals surface area contributed by atoms with Crippen LogP contribution in [0.15, 0.2) is 30.3 Å². The summed E-state index contributed by atoms with van der Waals surface area (Å²) in [4.78, 5) is 14.9. The van der Waals surface area contributed by atoms with Gasteiger partial charge in [-0.25, -0.2) is 0 Å². The van der Waals surface area contributed by atoms with Gasteiger partial charge in [0.05, 0.1) is 10.9 Å². The molecule has 1 saturated heterocycles. The summed E-state index contributed by atoms with van der Waals surface area (Å²) in [5.74, 6) is 0.785. The summed E-state index contributed by atoms with van der Waals surface area (Å²) < 4.78 is 0. The number of rotatable bonds is 4. The number of nitrogens with two attached hydrogens (primary N) is 1. The van der Waals surface area contributed by atoms with Crippen molar-refractivity contribution in [3.63, 3.8) is 0 Å². The fourth-order valence-corrected chi connectivity index (χ4v) is 2.87. The van der Waals surface area contributed by atoms with E-state index in [4.69, 9.17) is 18.0 Å². The smallest absolute Gasteiger partial charge is 0.232 e. The van der Waals surface area contributed by atoms with Crippen LogP contribution >= 0.6 is 12.2 Å². The molecule has 1 fully saturated rings. The number of carbonyl (C=O) groups is 1. The summed E-state index contributed by atoms with van der Waals surface area (Å²) in [5, 5.41) is 0. The molecule has 1 aliphatic heterocycles. The first-order valence-corrected chi connectivity index (χ1v) is 7.52. The highest BCUT2D eigenvalue weighted by molar-refractivity contribution is 7.80. The van der Waals surface area contributed by atoms with Crippen molar-refractivity contribution in [2.24, 2.45) is 23.5 Å². The first kappa shape index (κ1) is 15.0. The number of amides is 1. The predicted molar refractivity (Wildman–Crippen MR) is 85.3 cm³/mol. The first-order chi connectivity index (χ1) is 9.49. The molecule has 0 bridgehead atoms. The van der Waals surface area contributed by atoms with Gasteiger partial charge in [-0.3, -0.25) is 4.79 Å². The zero-order valence-corrected chi connectivity index (χ0v) is 12.9. The Bertz CT molecular complexity index is 479. The number of carbonyl (C=O) groups excluding carboxylic acids is 1. The highest BCUT2D eigenvalue weighted by atomic mass is 32.1. The van der Waals surface area contributed by atoms with Crippen molar-refractivity contribution in [3.8, 4) is 0 Å². The molecule has 3 nitrogen and oxygen atoms in total. The molecule has 2 N–H and O–H groups in total. The van der Waals surface area contributed by atoms with Crippen LogP contribution in [0, 0.1) is 17.8 Å². The van der Waals surface area contributed by atoms with Crippen molar-refractivity contribution in [2.75, 3.05) is 13.1 Å². The van der Waals surface area contributed by atoms with Crippen LogP contribution < -0.4 is 5.73 Å². The molecule has 4 heteroatoms. The lowest BCUT2D eigenvalue weighted by Gasteiger charge is -2.23. The molecular weight excluding hydrogens is 268 g/mol. The molecule has 0 aromatic heterocycles. The fraction of sp³-hybridized carbons (Fsp3) is 0.500. The van der Waals surface area contributed by atoms with Crippen LogP contribution in [0.3, 0.4) is 0 Å². The van der Waals surface area contributed by atoms with E-state index in [-0.39, 0.29) is 11.8 Å². The molecule has 1 aromatic rings. The highest BCUT2D eigenvalue weighted by Crippen LogP contribution is 2.24. The summed E-state index contributed by atoms with van der Waals surface area (Å²) in [6, 6.07) is 9.92. The third-order valence-electron chi connectivity index (χ3n) is 4.22. The molecule has 1 amide bonds. The minimum Gasteiger partial charge on any atom is -0.393 e. The standard InChI is InChI=1S/C16H22N2OS/c1-11-9-18(10-12(11)2)16(19)14(15(17)20)8-13-6-4-3-5-7-13/h3-7,11-12,14H,8-10H2,1-2H3,(H2,17,20). The van der Waals surface area contributed by atoms with E-state index in [0.29, 0.717) is 23.2 Å². The monoisotopic (exact) mass is 290 g/mol. The molecule has 108 valence electrons. The average Bonchev–Trinajstić information content (AvgIpc) is 2.76. The number of nitrogens with zero attached hydrogens (tertiary/aromatic N) is 1. The van der Waals surface area contributed by atoms with E-state index in [2.05, 4.69) is 13.8 Å². The lowest BCUT2D eigenvalue weighted by atomic mass is 9.98. The van der Waals surface area contributed by atoms with Gasteiger partial charge in [0.1, 0.15) is 0 Å². The molecule has 0 spiro atoms. The van der Waals surface area contributed by atoms with E-state index < -0.39 is 0 Å². The highest BCUT2D eigenvalue weighted by Gasteiger charge is 2.34. The number of likely N-dealkylation sites (tertiary alicyclic amines) is 1. The lowest BCUT2D eigenvalue weighted by molar-refractivity contribution is -0.132. The Morgan fingerprint density at radius 1 is 1.30 bits per heavy atom. The minimum atomic E-state index is -0.384. The second kappa shape index (κ2) is 6.35. The van der Waals surface area contributed by atoms with Crippen molar-refractivity contribution in [1.82, 2.24) is 4.90 Å². The second-order valence-electron chi connectivity index (χ2n) is 5.84. The van der Waals surface area contributed by atoms with Gasteiger partial charge in [-0.2, -0.15) is 0 Å². The van der Waals surface area contributed by atoms with Crippen LogP contribution in [-0.4, -0.2) is 28.9 Å². The Labute approximate surface area is 126 Å². The summed E-state index contributed by atoms with van der Waals surface area (Å²) >= 11 is 5.12. The molecule has 0 saturated carbocycles. The van der Waals surface area contributed by atoms with Gasteiger partial charge in [0, 0.05) is 13.1 Å². The van der Waals surface area contributed by atoms with Crippen LogP contribution in [0.2, 0.25) is 0 Å². The number of hydrogen-bond donors (Lipinski definition) is 1. The van der Waals surface area contributed by atoms with Gasteiger partial charge in [0.15, 0.2) is 0 Å². The molecule has 2 rings (SSSR count). The molecule has 1 heterocycles. The van der Waals surface area contributed by atoms with Crippen molar-refractivity contribution in [2.45, 2.75) is 20.3 Å². The van der Waals surface area contributed by atoms with Crippen LogP contribution in [0.4, 0.5) is 0 Å². The van der Waals surface area contributed by atoms with E-state index in [1.807, 2.05) is 35.2 Å². The van der Waals surface area contributed by atoms with Crippen molar-refractivity contribution >= 4 is 23.1 Å². The zero-order valence-electron chi connectivity index (χ0n) is 12.1. The maximum Gasteiger partial charge on any atom is 0.232 e. The second-order valence-corrected chi connectivity index (χ2v) is 6.31. The number of benzene rings is 1. The van der Waals surface area contributed by atoms with E-state index >= 15 is 0 Å². The van der Waals surface area contributed by atoms with E-state index in [1.165, 1.54) is 0 Å². The maximum absolute atomic E-state index is 12.6. The summed E-state index contributed by atoms with van der Waals surface area (Å²) in [6.45, 7) is 6.00. The SMILES string of the molecule is CC1CN(C(=O)C(Cc2ccccc2)C(N)=S)CC1C. The van der Waals surface area contributed by atoms with Gasteiger partial charge < -0.3 is 10.6 Å². The van der Waals surface area contributed by atoms with Gasteiger partial charge in [0.2, 0.25) is 5.91 Å². The van der Waals surface area contributed by atoms with E-state index in [9.17, 15) is 4.79 Å². The van der Waals surface area contributed by atoms with Gasteiger partial charge in [0.25, 0.3) is 0 Å². The fourth-order valence-electron chi connectivity index (χ4n) is 2.69. The molecule has 20 heavy (non-hydrogen) atoms. The first-order valence-electron chi connectivity index (χ1n) is 7.11. The quantitative estimate of drug-likeness (QED) is 0.865. The molecular formula is C16H22N2OS. The maximum atomic E-state index is 12.6. The van der Waals surface area contributed by atoms with Gasteiger partial charge in [-0.1, -0.05) is 56.4 Å². The number of hydrogen-bond acceptors (Lipinski definition) is 2. The Balaban J connectivity index is 2.09. The third kappa shape index (κ3) is 3.37. The van der Waals surface area contributed by atoms with Gasteiger partial charge in [-0.15, -0.1) is 0 Å². The summed E-state index contributed by atoms with van der Waals surface area (Å²) in [5.41, 5.74) is 6.90. The van der Waals surface area contributed by atoms with Crippen LogP contribution in [0.25, 0.3) is 0 Å². The van der Waals surface area contributed by atoms with Crippen LogP contribution in [-0.2, 0) is 11.2 Å². The lowest BCUT2D eigenvalue weighted by Crippen LogP contribution is -2.41. The van der Waals surface area contributed by atoms with Gasteiger partial charge in [-0.05, 0) is 23.8 Å². The van der Waals surface area contributed by atoms with Crippen LogP contribution in [0.1, 0.15) is 19.4 Å². The molecule has 3 unspecified atom stereocenters. The zero-order chi connectivity index (χ0) is 14.7. The molecule has 0 radical (unpaired) electrons. The van der Waals surface area contributed by atoms with E-state index in [0.717, 1.165) is 18.7 Å². The largest absolute Gasteiger partial charge is 0.393 e. The minimum absolute atomic E-state index is 0.0811. The molecule has 1 aliphatic rings. The Morgan fingerprint density at radius 2 is 1.85 bits per heavy atom. The Morgan fingerprint density at radius 3 is 2.35 bits per heavy atom. The molecule has 3 atom stereocenters. The van der Waals surface area contributed by atoms with Crippen molar-refractivity contribution in [1.29, 1.82) is 0 Å². The van der Waals surface area contributed by atoms with E-state index in [1.54, 1.807) is 0 Å².